The van der Waals surface area contributed by atoms with Gasteiger partial charge in [-0.25, -0.2) is 0 Å². The minimum Gasteiger partial charge on any atom is -0.507 e. The first-order valence-corrected chi connectivity index (χ1v) is 9.72. The van der Waals surface area contributed by atoms with E-state index < -0.39 is 17.7 Å². The standard InChI is InChI=1S/C23H23NO6/c1-28-12-10-24-20(14-3-6-17(29-2)7-4-14)19(22(26)23(24)27)21(25)16-5-8-18-15(13-16)9-11-30-18/h3-8,13,20,25H,9-12H2,1-2H3/b21-19-. The lowest BCUT2D eigenvalue weighted by Crippen LogP contribution is -2.32. The topological polar surface area (TPSA) is 85.3 Å². The van der Waals surface area contributed by atoms with Gasteiger partial charge in [-0.15, -0.1) is 0 Å². The molecule has 0 saturated carbocycles. The summed E-state index contributed by atoms with van der Waals surface area (Å²) in [7, 11) is 3.10. The number of Topliss-reactive ketones (excluding diaryl/α,β-unsaturated/α-hetero) is 1. The van der Waals surface area contributed by atoms with Gasteiger partial charge >= 0.3 is 0 Å². The quantitative estimate of drug-likeness (QED) is 0.449. The molecule has 1 amide bonds. The van der Waals surface area contributed by atoms with Crippen LogP contribution in [0.5, 0.6) is 11.5 Å². The van der Waals surface area contributed by atoms with Gasteiger partial charge in [0.25, 0.3) is 11.7 Å². The minimum absolute atomic E-state index is 0.0696. The minimum atomic E-state index is -0.712. The Kier molecular flexibility index (Phi) is 5.46. The Hall–Kier alpha value is -3.32. The summed E-state index contributed by atoms with van der Waals surface area (Å²) in [5.41, 5.74) is 2.23. The van der Waals surface area contributed by atoms with Crippen molar-refractivity contribution in [2.24, 2.45) is 0 Å². The molecule has 2 aromatic rings. The molecule has 4 rings (SSSR count). The maximum atomic E-state index is 12.9. The summed E-state index contributed by atoms with van der Waals surface area (Å²) in [5.74, 6) is -0.117. The second-order valence-corrected chi connectivity index (χ2v) is 7.18. The van der Waals surface area contributed by atoms with E-state index in [1.54, 1.807) is 43.5 Å². The van der Waals surface area contributed by atoms with E-state index in [9.17, 15) is 14.7 Å². The number of hydrogen-bond donors (Lipinski definition) is 1. The van der Waals surface area contributed by atoms with Crippen LogP contribution in [0.4, 0.5) is 0 Å². The number of fused-ring (bicyclic) bond motifs is 1. The zero-order chi connectivity index (χ0) is 21.3. The molecule has 1 N–H and O–H groups in total. The Bertz CT molecular complexity index is 1010. The number of carbonyl (C=O) groups is 2. The molecule has 1 atom stereocenters. The van der Waals surface area contributed by atoms with Crippen molar-refractivity contribution < 1.29 is 28.9 Å². The number of rotatable bonds is 6. The fourth-order valence-corrected chi connectivity index (χ4v) is 3.92. The van der Waals surface area contributed by atoms with E-state index in [4.69, 9.17) is 14.2 Å². The van der Waals surface area contributed by atoms with E-state index in [1.165, 1.54) is 12.0 Å². The number of hydrogen-bond acceptors (Lipinski definition) is 6. The highest BCUT2D eigenvalue weighted by Crippen LogP contribution is 2.40. The van der Waals surface area contributed by atoms with Crippen molar-refractivity contribution in [2.75, 3.05) is 34.0 Å². The van der Waals surface area contributed by atoms with Crippen molar-refractivity contribution in [1.82, 2.24) is 4.90 Å². The van der Waals surface area contributed by atoms with Crippen LogP contribution >= 0.6 is 0 Å². The molecule has 2 aromatic carbocycles. The molecule has 0 spiro atoms. The van der Waals surface area contributed by atoms with Gasteiger partial charge in [0.05, 0.1) is 31.9 Å². The van der Waals surface area contributed by atoms with Crippen molar-refractivity contribution in [1.29, 1.82) is 0 Å². The van der Waals surface area contributed by atoms with Gasteiger partial charge in [0, 0.05) is 25.6 Å². The molecule has 7 nitrogen and oxygen atoms in total. The van der Waals surface area contributed by atoms with Crippen LogP contribution < -0.4 is 9.47 Å². The number of amides is 1. The summed E-state index contributed by atoms with van der Waals surface area (Å²) in [6.45, 7) is 1.09. The number of methoxy groups -OCH3 is 2. The highest BCUT2D eigenvalue weighted by atomic mass is 16.5. The molecule has 7 heteroatoms. The molecule has 30 heavy (non-hydrogen) atoms. The van der Waals surface area contributed by atoms with Crippen molar-refractivity contribution in [3.05, 3.63) is 64.7 Å². The molecule has 156 valence electrons. The van der Waals surface area contributed by atoms with Crippen molar-refractivity contribution in [3.8, 4) is 11.5 Å². The monoisotopic (exact) mass is 409 g/mol. The zero-order valence-electron chi connectivity index (χ0n) is 16.9. The van der Waals surface area contributed by atoms with E-state index in [0.717, 1.165) is 17.7 Å². The van der Waals surface area contributed by atoms with E-state index in [0.29, 0.717) is 23.5 Å². The Labute approximate surface area is 174 Å². The zero-order valence-corrected chi connectivity index (χ0v) is 16.9. The number of carbonyl (C=O) groups excluding carboxylic acids is 2. The molecule has 2 aliphatic rings. The van der Waals surface area contributed by atoms with E-state index >= 15 is 0 Å². The lowest BCUT2D eigenvalue weighted by molar-refractivity contribution is -0.140. The highest BCUT2D eigenvalue weighted by Gasteiger charge is 2.45. The second-order valence-electron chi connectivity index (χ2n) is 7.18. The summed E-state index contributed by atoms with van der Waals surface area (Å²) in [4.78, 5) is 27.2. The average Bonchev–Trinajstić information content (AvgIpc) is 3.34. The third-order valence-electron chi connectivity index (χ3n) is 5.47. The van der Waals surface area contributed by atoms with Crippen LogP contribution in [0.2, 0.25) is 0 Å². The second kappa shape index (κ2) is 8.20. The van der Waals surface area contributed by atoms with Crippen molar-refractivity contribution >= 4 is 17.4 Å². The molecular weight excluding hydrogens is 386 g/mol. The Morgan fingerprint density at radius 3 is 2.63 bits per heavy atom. The summed E-state index contributed by atoms with van der Waals surface area (Å²) < 4.78 is 15.9. The number of ketones is 1. The third-order valence-corrected chi connectivity index (χ3v) is 5.47. The van der Waals surface area contributed by atoms with Gasteiger partial charge in [-0.05, 0) is 41.5 Å². The fraction of sp³-hybridized carbons (Fsp3) is 0.304. The number of benzene rings is 2. The first-order chi connectivity index (χ1) is 14.5. The first kappa shape index (κ1) is 20.0. The third kappa shape index (κ3) is 3.41. The van der Waals surface area contributed by atoms with Gasteiger partial charge in [0.15, 0.2) is 0 Å². The lowest BCUT2D eigenvalue weighted by Gasteiger charge is -2.25. The molecule has 2 aliphatic heterocycles. The smallest absolute Gasteiger partial charge is 0.295 e. The summed E-state index contributed by atoms with van der Waals surface area (Å²) in [5, 5.41) is 11.1. The van der Waals surface area contributed by atoms with Crippen molar-refractivity contribution in [2.45, 2.75) is 12.5 Å². The van der Waals surface area contributed by atoms with Crippen LogP contribution in [0.25, 0.3) is 5.76 Å². The Balaban J connectivity index is 1.82. The maximum absolute atomic E-state index is 12.9. The van der Waals surface area contributed by atoms with Gasteiger partial charge in [-0.2, -0.15) is 0 Å². The molecule has 1 unspecified atom stereocenters. The molecule has 0 radical (unpaired) electrons. The average molecular weight is 409 g/mol. The number of aliphatic hydroxyl groups excluding tert-OH is 1. The van der Waals surface area contributed by atoms with Crippen LogP contribution in [0.15, 0.2) is 48.0 Å². The van der Waals surface area contributed by atoms with Gasteiger partial charge < -0.3 is 24.2 Å². The van der Waals surface area contributed by atoms with Gasteiger partial charge in [0.1, 0.15) is 17.3 Å². The number of likely N-dealkylation sites (tertiary alicyclic amines) is 1. The summed E-state index contributed by atoms with van der Waals surface area (Å²) in [6.07, 6.45) is 0.737. The summed E-state index contributed by atoms with van der Waals surface area (Å²) >= 11 is 0. The highest BCUT2D eigenvalue weighted by molar-refractivity contribution is 6.46. The normalized spacial score (nSPS) is 19.7. The fourth-order valence-electron chi connectivity index (χ4n) is 3.92. The molecule has 0 aromatic heterocycles. The van der Waals surface area contributed by atoms with Crippen LogP contribution in [0.3, 0.4) is 0 Å². The van der Waals surface area contributed by atoms with E-state index in [-0.39, 0.29) is 24.5 Å². The van der Waals surface area contributed by atoms with Crippen LogP contribution in [0.1, 0.15) is 22.7 Å². The van der Waals surface area contributed by atoms with E-state index in [2.05, 4.69) is 0 Å². The molecular formula is C23H23NO6. The largest absolute Gasteiger partial charge is 0.507 e. The molecule has 1 fully saturated rings. The van der Waals surface area contributed by atoms with Crippen LogP contribution in [0, 0.1) is 0 Å². The van der Waals surface area contributed by atoms with Crippen LogP contribution in [-0.2, 0) is 20.7 Å². The number of ether oxygens (including phenoxy) is 3. The van der Waals surface area contributed by atoms with E-state index in [1.807, 2.05) is 6.07 Å². The maximum Gasteiger partial charge on any atom is 0.295 e. The SMILES string of the molecule is COCCN1C(=O)C(=O)/C(=C(\O)c2ccc3c(c2)CCO3)C1c1ccc(OC)cc1. The molecule has 0 bridgehead atoms. The Morgan fingerprint density at radius 2 is 1.93 bits per heavy atom. The van der Waals surface area contributed by atoms with Crippen LogP contribution in [-0.4, -0.2) is 55.7 Å². The molecule has 2 heterocycles. The predicted octanol–water partition coefficient (Wildman–Crippen LogP) is 2.70. The summed E-state index contributed by atoms with van der Waals surface area (Å²) in [6, 6.07) is 11.7. The first-order valence-electron chi connectivity index (χ1n) is 9.72. The van der Waals surface area contributed by atoms with Gasteiger partial charge in [-0.1, -0.05) is 12.1 Å². The van der Waals surface area contributed by atoms with Gasteiger partial charge in [-0.3, -0.25) is 9.59 Å². The predicted molar refractivity (Wildman–Crippen MR) is 110 cm³/mol. The molecule has 0 aliphatic carbocycles. The molecule has 1 saturated heterocycles. The number of aliphatic hydroxyl groups is 1. The Morgan fingerprint density at radius 1 is 1.17 bits per heavy atom. The van der Waals surface area contributed by atoms with Crippen molar-refractivity contribution in [3.63, 3.8) is 0 Å². The number of nitrogens with zero attached hydrogens (tertiary/aromatic N) is 1. The lowest BCUT2D eigenvalue weighted by atomic mass is 9.94. The van der Waals surface area contributed by atoms with Gasteiger partial charge in [0.2, 0.25) is 0 Å².